The van der Waals surface area contributed by atoms with Crippen molar-refractivity contribution < 1.29 is 4.79 Å². The molecule has 8 nitrogen and oxygen atoms in total. The summed E-state index contributed by atoms with van der Waals surface area (Å²) >= 11 is 0. The summed E-state index contributed by atoms with van der Waals surface area (Å²) in [5, 5.41) is 5.47. The number of carbonyl (C=O) groups is 1. The molecule has 176 valence electrons. The number of hydrogen-bond donors (Lipinski definition) is 1. The van der Waals surface area contributed by atoms with Gasteiger partial charge in [0.1, 0.15) is 5.65 Å². The molecule has 0 aliphatic carbocycles. The molecule has 0 unspecified atom stereocenters. The van der Waals surface area contributed by atoms with Gasteiger partial charge in [-0.15, -0.1) is 0 Å². The number of nitrogens with zero attached hydrogens (tertiary/aromatic N) is 6. The number of piperazine rings is 1. The summed E-state index contributed by atoms with van der Waals surface area (Å²) < 4.78 is 1.77. The van der Waals surface area contributed by atoms with Gasteiger partial charge in [0, 0.05) is 78.7 Å². The predicted octanol–water partition coefficient (Wildman–Crippen LogP) is 3.94. The lowest BCUT2D eigenvalue weighted by Crippen LogP contribution is -2.47. The lowest BCUT2D eigenvalue weighted by Gasteiger charge is -2.32. The third kappa shape index (κ3) is 3.66. The molecule has 0 bridgehead atoms. The molecule has 1 N–H and O–H groups in total. The van der Waals surface area contributed by atoms with Crippen molar-refractivity contribution in [1.29, 1.82) is 0 Å². The van der Waals surface area contributed by atoms with Gasteiger partial charge in [-0.25, -0.2) is 9.50 Å². The summed E-state index contributed by atoms with van der Waals surface area (Å²) in [4.78, 5) is 29.9. The number of likely N-dealkylation sites (N-methyl/N-ethyl adjacent to an activating group) is 1. The van der Waals surface area contributed by atoms with Gasteiger partial charge >= 0.3 is 0 Å². The molecular formula is C27H27N7O. The molecule has 1 fully saturated rings. The van der Waals surface area contributed by atoms with E-state index in [-0.39, 0.29) is 5.91 Å². The van der Waals surface area contributed by atoms with E-state index in [2.05, 4.69) is 45.0 Å². The van der Waals surface area contributed by atoms with E-state index >= 15 is 0 Å². The highest BCUT2D eigenvalue weighted by atomic mass is 16.2. The first-order valence-electron chi connectivity index (χ1n) is 11.8. The average Bonchev–Trinajstić information content (AvgIpc) is 3.47. The second-order valence-electron chi connectivity index (χ2n) is 9.31. The number of pyridine rings is 3. The van der Waals surface area contributed by atoms with E-state index in [4.69, 9.17) is 0 Å². The molecule has 0 saturated carbocycles. The molecule has 5 aromatic heterocycles. The normalized spacial score (nSPS) is 14.8. The van der Waals surface area contributed by atoms with Crippen molar-refractivity contribution >= 4 is 22.5 Å². The van der Waals surface area contributed by atoms with Crippen molar-refractivity contribution in [1.82, 2.24) is 34.4 Å². The zero-order chi connectivity index (χ0) is 24.1. The summed E-state index contributed by atoms with van der Waals surface area (Å²) in [5.41, 5.74) is 8.62. The number of H-pyrrole nitrogens is 1. The molecule has 1 amide bonds. The summed E-state index contributed by atoms with van der Waals surface area (Å²) in [6, 6.07) is 8.27. The van der Waals surface area contributed by atoms with Crippen molar-refractivity contribution in [2.24, 2.45) is 0 Å². The Morgan fingerprint density at radius 3 is 2.63 bits per heavy atom. The highest BCUT2D eigenvalue weighted by Gasteiger charge is 2.23. The van der Waals surface area contributed by atoms with Gasteiger partial charge in [0.05, 0.1) is 17.3 Å². The molecule has 0 radical (unpaired) electrons. The first-order valence-corrected chi connectivity index (χ1v) is 11.8. The van der Waals surface area contributed by atoms with E-state index in [0.29, 0.717) is 5.56 Å². The number of hydrogen-bond acceptors (Lipinski definition) is 5. The molecule has 5 aromatic rings. The number of nitrogens with one attached hydrogen (secondary N) is 1. The third-order valence-corrected chi connectivity index (χ3v) is 7.02. The third-order valence-electron chi connectivity index (χ3n) is 7.02. The van der Waals surface area contributed by atoms with Crippen LogP contribution in [0, 0.1) is 13.8 Å². The summed E-state index contributed by atoms with van der Waals surface area (Å²) in [7, 11) is 2.09. The Morgan fingerprint density at radius 2 is 1.83 bits per heavy atom. The van der Waals surface area contributed by atoms with E-state index in [0.717, 1.165) is 70.7 Å². The molecule has 35 heavy (non-hydrogen) atoms. The summed E-state index contributed by atoms with van der Waals surface area (Å²) in [5.74, 6) is 0.0376. The van der Waals surface area contributed by atoms with Gasteiger partial charge in [0.15, 0.2) is 0 Å². The fourth-order valence-electron chi connectivity index (χ4n) is 5.00. The molecule has 1 aliphatic heterocycles. The Bertz CT molecular complexity index is 1550. The second kappa shape index (κ2) is 8.32. The molecule has 0 aromatic carbocycles. The van der Waals surface area contributed by atoms with E-state index in [9.17, 15) is 4.79 Å². The zero-order valence-electron chi connectivity index (χ0n) is 20.1. The van der Waals surface area contributed by atoms with Crippen LogP contribution < -0.4 is 0 Å². The first-order chi connectivity index (χ1) is 17.0. The molecule has 6 heterocycles. The van der Waals surface area contributed by atoms with Crippen molar-refractivity contribution in [2.75, 3.05) is 33.2 Å². The van der Waals surface area contributed by atoms with Crippen LogP contribution in [0.15, 0.2) is 55.2 Å². The van der Waals surface area contributed by atoms with Crippen molar-refractivity contribution in [3.63, 3.8) is 0 Å². The number of aromatic nitrogens is 5. The standard InChI is InChI=1S/C27H27N7O/c1-17-4-6-28-18(2)25(17)20-12-21-22(15-30-26(21)29-14-20)19-5-7-34-24(13-19)23(16-31-34)27(35)33-10-8-32(3)9-11-33/h4-7,12-16H,8-11H2,1-3H3,(H,29,30). The highest BCUT2D eigenvalue weighted by molar-refractivity contribution is 6.02. The first kappa shape index (κ1) is 21.5. The van der Waals surface area contributed by atoms with Gasteiger partial charge in [-0.2, -0.15) is 5.10 Å². The Hall–Kier alpha value is -4.04. The number of aryl methyl sites for hydroxylation is 2. The minimum Gasteiger partial charge on any atom is -0.346 e. The minimum absolute atomic E-state index is 0.0376. The number of aromatic amines is 1. The Kier molecular flexibility index (Phi) is 5.11. The Labute approximate surface area is 203 Å². The highest BCUT2D eigenvalue weighted by Crippen LogP contribution is 2.33. The number of fused-ring (bicyclic) bond motifs is 2. The van der Waals surface area contributed by atoms with Gasteiger partial charge in [-0.1, -0.05) is 0 Å². The SMILES string of the molecule is Cc1ccnc(C)c1-c1cnc2[nH]cc(-c3ccn4ncc(C(=O)N5CCN(C)CC5)c4c3)c2c1. The molecule has 0 atom stereocenters. The lowest BCUT2D eigenvalue weighted by molar-refractivity contribution is 0.0666. The lowest BCUT2D eigenvalue weighted by atomic mass is 9.98. The van der Waals surface area contributed by atoms with Crippen LogP contribution in [-0.4, -0.2) is 73.5 Å². The van der Waals surface area contributed by atoms with Gasteiger partial charge in [-0.05, 0) is 56.3 Å². The minimum atomic E-state index is 0.0376. The van der Waals surface area contributed by atoms with Gasteiger partial charge in [-0.3, -0.25) is 9.78 Å². The van der Waals surface area contributed by atoms with E-state index in [1.165, 1.54) is 5.56 Å². The molecule has 1 saturated heterocycles. The van der Waals surface area contributed by atoms with E-state index in [1.807, 2.05) is 54.8 Å². The van der Waals surface area contributed by atoms with Crippen LogP contribution in [0.4, 0.5) is 0 Å². The van der Waals surface area contributed by atoms with Crippen LogP contribution in [0.25, 0.3) is 38.8 Å². The summed E-state index contributed by atoms with van der Waals surface area (Å²) in [6.45, 7) is 7.36. The van der Waals surface area contributed by atoms with Crippen LogP contribution in [-0.2, 0) is 0 Å². The van der Waals surface area contributed by atoms with Crippen LogP contribution >= 0.6 is 0 Å². The number of amides is 1. The molecule has 6 rings (SSSR count). The fraction of sp³-hybridized carbons (Fsp3) is 0.259. The summed E-state index contributed by atoms with van der Waals surface area (Å²) in [6.07, 6.45) is 9.31. The second-order valence-corrected chi connectivity index (χ2v) is 9.31. The molecular weight excluding hydrogens is 438 g/mol. The quantitative estimate of drug-likeness (QED) is 0.436. The molecule has 0 spiro atoms. The zero-order valence-corrected chi connectivity index (χ0v) is 20.1. The van der Waals surface area contributed by atoms with E-state index < -0.39 is 0 Å². The maximum Gasteiger partial charge on any atom is 0.257 e. The maximum atomic E-state index is 13.3. The largest absolute Gasteiger partial charge is 0.346 e. The van der Waals surface area contributed by atoms with Crippen molar-refractivity contribution in [2.45, 2.75) is 13.8 Å². The fourth-order valence-corrected chi connectivity index (χ4v) is 5.00. The topological polar surface area (TPSA) is 82.4 Å². The Balaban J connectivity index is 1.42. The van der Waals surface area contributed by atoms with Crippen LogP contribution in [0.2, 0.25) is 0 Å². The van der Waals surface area contributed by atoms with Crippen LogP contribution in [0.3, 0.4) is 0 Å². The Morgan fingerprint density at radius 1 is 1.00 bits per heavy atom. The van der Waals surface area contributed by atoms with E-state index in [1.54, 1.807) is 10.7 Å². The van der Waals surface area contributed by atoms with Crippen molar-refractivity contribution in [3.8, 4) is 22.3 Å². The predicted molar refractivity (Wildman–Crippen MR) is 136 cm³/mol. The monoisotopic (exact) mass is 465 g/mol. The smallest absolute Gasteiger partial charge is 0.257 e. The van der Waals surface area contributed by atoms with Crippen LogP contribution in [0.5, 0.6) is 0 Å². The number of rotatable bonds is 3. The average molecular weight is 466 g/mol. The molecule has 1 aliphatic rings. The van der Waals surface area contributed by atoms with Gasteiger partial charge in [0.25, 0.3) is 5.91 Å². The van der Waals surface area contributed by atoms with Crippen LogP contribution in [0.1, 0.15) is 21.6 Å². The molecule has 8 heteroatoms. The van der Waals surface area contributed by atoms with Gasteiger partial charge < -0.3 is 14.8 Å². The maximum absolute atomic E-state index is 13.3. The van der Waals surface area contributed by atoms with Crippen molar-refractivity contribution in [3.05, 3.63) is 72.1 Å². The number of carbonyl (C=O) groups excluding carboxylic acids is 1. The van der Waals surface area contributed by atoms with Gasteiger partial charge in [0.2, 0.25) is 0 Å².